The number of carbonyl (C=O) groups excluding carboxylic acids is 1. The summed E-state index contributed by atoms with van der Waals surface area (Å²) in [6, 6.07) is 0. The Hall–Kier alpha value is -0.250. The second kappa shape index (κ2) is 4.73. The van der Waals surface area contributed by atoms with E-state index in [-0.39, 0.29) is 0 Å². The molecule has 0 spiro atoms. The third-order valence-corrected chi connectivity index (χ3v) is 2.92. The first-order valence-electron chi connectivity index (χ1n) is 4.33. The predicted molar refractivity (Wildman–Crippen MR) is 58.3 cm³/mol. The van der Waals surface area contributed by atoms with E-state index in [1.807, 2.05) is 0 Å². The number of alkyl halides is 3. The highest BCUT2D eigenvalue weighted by Crippen LogP contribution is 2.36. The lowest BCUT2D eigenvalue weighted by Gasteiger charge is -2.26. The molecule has 0 aromatic rings. The van der Waals surface area contributed by atoms with Crippen LogP contribution >= 0.6 is 34.8 Å². The fourth-order valence-electron chi connectivity index (χ4n) is 1.59. The molecule has 1 rings (SSSR count). The van der Waals surface area contributed by atoms with Gasteiger partial charge in [-0.25, -0.2) is 0 Å². The van der Waals surface area contributed by atoms with Crippen molar-refractivity contribution in [2.45, 2.75) is 16.6 Å². The van der Waals surface area contributed by atoms with E-state index in [1.165, 1.54) is 0 Å². The molecule has 0 radical (unpaired) electrons. The van der Waals surface area contributed by atoms with Crippen LogP contribution < -0.4 is 0 Å². The third kappa shape index (κ3) is 3.10. The Balaban J connectivity index is 2.88. The van der Waals surface area contributed by atoms with Gasteiger partial charge in [-0.2, -0.15) is 0 Å². The second-order valence-electron chi connectivity index (χ2n) is 3.36. The lowest BCUT2D eigenvalue weighted by molar-refractivity contribution is -0.146. The van der Waals surface area contributed by atoms with Crippen LogP contribution in [0.5, 0.6) is 0 Å². The highest BCUT2D eigenvalue weighted by Gasteiger charge is 2.42. The smallest absolute Gasteiger partial charge is 0.307 e. The Morgan fingerprint density at radius 1 is 1.13 bits per heavy atom. The summed E-state index contributed by atoms with van der Waals surface area (Å²) in [6.45, 7) is 0. The molecule has 0 unspecified atom stereocenters. The number of Topliss-reactive ketones (excluding diaryl/α,β-unsaturated/α-hetero) is 1. The summed E-state index contributed by atoms with van der Waals surface area (Å²) in [4.78, 5) is 22.5. The van der Waals surface area contributed by atoms with Gasteiger partial charge >= 0.3 is 5.97 Å². The Bertz CT molecular complexity index is 306. The molecule has 0 saturated carbocycles. The van der Waals surface area contributed by atoms with Gasteiger partial charge in [0.1, 0.15) is 0 Å². The number of ketones is 1. The van der Waals surface area contributed by atoms with E-state index in [0.717, 1.165) is 0 Å². The highest BCUT2D eigenvalue weighted by molar-refractivity contribution is 6.76. The van der Waals surface area contributed by atoms with Crippen LogP contribution in [0, 0.1) is 11.8 Å². The minimum atomic E-state index is -2.04. The fourth-order valence-corrected chi connectivity index (χ4v) is 2.01. The van der Waals surface area contributed by atoms with Gasteiger partial charge in [0, 0.05) is 5.92 Å². The molecule has 6 heteroatoms. The van der Waals surface area contributed by atoms with Gasteiger partial charge in [0.2, 0.25) is 3.79 Å². The minimum absolute atomic E-state index is 0.298. The number of carboxylic acids is 1. The van der Waals surface area contributed by atoms with Gasteiger partial charge in [0.15, 0.2) is 5.78 Å². The van der Waals surface area contributed by atoms with E-state index in [4.69, 9.17) is 39.9 Å². The van der Waals surface area contributed by atoms with Crippen LogP contribution in [0.15, 0.2) is 12.2 Å². The predicted octanol–water partition coefficient (Wildman–Crippen LogP) is 2.59. The van der Waals surface area contributed by atoms with E-state index in [9.17, 15) is 9.59 Å². The van der Waals surface area contributed by atoms with Gasteiger partial charge in [-0.05, 0) is 12.8 Å². The molecule has 1 N–H and O–H groups in total. The molecule has 0 aromatic carbocycles. The Kier molecular flexibility index (Phi) is 4.04. The topological polar surface area (TPSA) is 54.4 Å². The van der Waals surface area contributed by atoms with Crippen LogP contribution in [-0.4, -0.2) is 20.7 Å². The zero-order valence-electron chi connectivity index (χ0n) is 7.62. The van der Waals surface area contributed by atoms with E-state index in [1.54, 1.807) is 12.2 Å². The summed E-state index contributed by atoms with van der Waals surface area (Å²) in [6.07, 6.45) is 4.07. The van der Waals surface area contributed by atoms with Crippen molar-refractivity contribution in [3.05, 3.63) is 12.2 Å². The minimum Gasteiger partial charge on any atom is -0.481 e. The number of carboxylic acid groups (broad SMARTS) is 1. The zero-order valence-corrected chi connectivity index (χ0v) is 9.89. The number of allylic oxidation sites excluding steroid dienone is 2. The molecular formula is C9H9Cl3O3. The van der Waals surface area contributed by atoms with Crippen molar-refractivity contribution in [2.24, 2.45) is 11.8 Å². The number of halogens is 3. The van der Waals surface area contributed by atoms with Crippen LogP contribution in [0.25, 0.3) is 0 Å². The van der Waals surface area contributed by atoms with E-state index >= 15 is 0 Å². The molecule has 1 aliphatic carbocycles. The monoisotopic (exact) mass is 270 g/mol. The lowest BCUT2D eigenvalue weighted by Crippen LogP contribution is -2.37. The average molecular weight is 272 g/mol. The third-order valence-electron chi connectivity index (χ3n) is 2.37. The summed E-state index contributed by atoms with van der Waals surface area (Å²) in [5.74, 6) is -3.23. The lowest BCUT2D eigenvalue weighted by atomic mass is 9.80. The van der Waals surface area contributed by atoms with Gasteiger partial charge in [-0.15, -0.1) is 0 Å². The number of aliphatic carboxylic acids is 1. The Morgan fingerprint density at radius 2 is 1.60 bits per heavy atom. The van der Waals surface area contributed by atoms with Crippen LogP contribution in [0.4, 0.5) is 0 Å². The Morgan fingerprint density at radius 3 is 2.00 bits per heavy atom. The highest BCUT2D eigenvalue weighted by atomic mass is 35.6. The summed E-state index contributed by atoms with van der Waals surface area (Å²) < 4.78 is -2.04. The van der Waals surface area contributed by atoms with Crippen LogP contribution in [0.2, 0.25) is 0 Å². The standard InChI is InChI=1S/C9H9Cl3O3/c10-9(11,12)7(13)5-3-1-2-4-6(5)8(14)15/h1-2,5-6H,3-4H2,(H,14,15)/t5-,6+/m1/s1. The molecule has 2 atom stereocenters. The normalized spacial score (nSPS) is 26.3. The summed E-state index contributed by atoms with van der Waals surface area (Å²) in [5.41, 5.74) is 0. The summed E-state index contributed by atoms with van der Waals surface area (Å²) in [5, 5.41) is 8.91. The molecule has 3 nitrogen and oxygen atoms in total. The van der Waals surface area contributed by atoms with Gasteiger partial charge in [0.25, 0.3) is 0 Å². The quantitative estimate of drug-likeness (QED) is 0.620. The molecular weight excluding hydrogens is 262 g/mol. The molecule has 0 bridgehead atoms. The number of rotatable bonds is 2. The molecule has 0 heterocycles. The van der Waals surface area contributed by atoms with Crippen LogP contribution in [0.3, 0.4) is 0 Å². The number of hydrogen-bond acceptors (Lipinski definition) is 2. The van der Waals surface area contributed by atoms with Gasteiger partial charge in [0.05, 0.1) is 5.92 Å². The molecule has 0 aromatic heterocycles. The average Bonchev–Trinajstić information content (AvgIpc) is 2.15. The number of carbonyl (C=O) groups is 2. The second-order valence-corrected chi connectivity index (χ2v) is 5.64. The number of hydrogen-bond donors (Lipinski definition) is 1. The van der Waals surface area contributed by atoms with E-state index < -0.39 is 27.4 Å². The zero-order chi connectivity index (χ0) is 11.6. The fraction of sp³-hybridized carbons (Fsp3) is 0.556. The molecule has 0 saturated heterocycles. The van der Waals surface area contributed by atoms with Crippen molar-refractivity contribution >= 4 is 46.6 Å². The van der Waals surface area contributed by atoms with Crippen molar-refractivity contribution in [3.63, 3.8) is 0 Å². The molecule has 0 fully saturated rings. The van der Waals surface area contributed by atoms with Crippen LogP contribution in [-0.2, 0) is 9.59 Å². The molecule has 1 aliphatic rings. The maximum atomic E-state index is 11.6. The van der Waals surface area contributed by atoms with Crippen molar-refractivity contribution in [3.8, 4) is 0 Å². The van der Waals surface area contributed by atoms with E-state index in [2.05, 4.69) is 0 Å². The molecule has 0 aliphatic heterocycles. The van der Waals surface area contributed by atoms with Crippen LogP contribution in [0.1, 0.15) is 12.8 Å². The first-order valence-corrected chi connectivity index (χ1v) is 5.46. The van der Waals surface area contributed by atoms with Crippen molar-refractivity contribution < 1.29 is 14.7 Å². The molecule has 15 heavy (non-hydrogen) atoms. The van der Waals surface area contributed by atoms with Gasteiger partial charge < -0.3 is 5.11 Å². The molecule has 84 valence electrons. The maximum absolute atomic E-state index is 11.6. The molecule has 0 amide bonds. The first-order chi connectivity index (χ1) is 6.84. The Labute approximate surface area is 102 Å². The van der Waals surface area contributed by atoms with Crippen molar-refractivity contribution in [2.75, 3.05) is 0 Å². The van der Waals surface area contributed by atoms with E-state index in [0.29, 0.717) is 12.8 Å². The summed E-state index contributed by atoms with van der Waals surface area (Å²) in [7, 11) is 0. The first kappa shape index (κ1) is 12.8. The summed E-state index contributed by atoms with van der Waals surface area (Å²) >= 11 is 16.4. The largest absolute Gasteiger partial charge is 0.481 e. The maximum Gasteiger partial charge on any atom is 0.307 e. The van der Waals surface area contributed by atoms with Crippen molar-refractivity contribution in [1.29, 1.82) is 0 Å². The van der Waals surface area contributed by atoms with Gasteiger partial charge in [-0.3, -0.25) is 9.59 Å². The van der Waals surface area contributed by atoms with Crippen molar-refractivity contribution in [1.82, 2.24) is 0 Å². The van der Waals surface area contributed by atoms with Gasteiger partial charge in [-0.1, -0.05) is 47.0 Å². The SMILES string of the molecule is O=C(O)[C@H]1CC=CC[C@H]1C(=O)C(Cl)(Cl)Cl.